The lowest BCUT2D eigenvalue weighted by Gasteiger charge is -2.18. The fraction of sp³-hybridized carbons (Fsp3) is 0.185. The van der Waals surface area contributed by atoms with Gasteiger partial charge < -0.3 is 23.4 Å². The highest BCUT2D eigenvalue weighted by Crippen LogP contribution is 2.45. The Kier molecular flexibility index (Phi) is 7.14. The van der Waals surface area contributed by atoms with Gasteiger partial charge in [-0.05, 0) is 42.8 Å². The number of fused-ring (bicyclic) bond motifs is 4. The fourth-order valence-corrected chi connectivity index (χ4v) is 4.18. The molecule has 0 spiro atoms. The number of methoxy groups -OCH3 is 2. The SMILES string of the molecule is COC(=O)Nc1cccnc1.COc1cnc2c(-c3cc4c5c(cc(Cl)c4o3)OCCO5)cc(C)cc2n1. The Morgan fingerprint density at radius 2 is 1.95 bits per heavy atom. The molecular weight excluding hydrogens is 512 g/mol. The van der Waals surface area contributed by atoms with Crippen LogP contribution in [0.2, 0.25) is 5.02 Å². The summed E-state index contributed by atoms with van der Waals surface area (Å²) < 4.78 is 27.1. The number of anilines is 1. The number of hydrogen-bond acceptors (Lipinski definition) is 9. The Balaban J connectivity index is 0.000000226. The zero-order chi connectivity index (χ0) is 26.6. The van der Waals surface area contributed by atoms with Gasteiger partial charge >= 0.3 is 6.09 Å². The third-order valence-electron chi connectivity index (χ3n) is 5.60. The number of nitrogens with one attached hydrogen (secondary N) is 1. The van der Waals surface area contributed by atoms with E-state index in [1.165, 1.54) is 13.3 Å². The minimum absolute atomic E-state index is 0.464. The van der Waals surface area contributed by atoms with Crippen LogP contribution in [-0.4, -0.2) is 48.5 Å². The van der Waals surface area contributed by atoms with Crippen molar-refractivity contribution in [3.8, 4) is 28.7 Å². The van der Waals surface area contributed by atoms with Crippen LogP contribution in [0.1, 0.15) is 5.56 Å². The zero-order valence-corrected chi connectivity index (χ0v) is 21.5. The van der Waals surface area contributed by atoms with Crippen LogP contribution < -0.4 is 19.5 Å². The molecule has 0 saturated heterocycles. The number of pyridine rings is 1. The molecule has 4 heterocycles. The number of furan rings is 1. The monoisotopic (exact) mass is 534 g/mol. The molecule has 0 unspecified atom stereocenters. The summed E-state index contributed by atoms with van der Waals surface area (Å²) in [6.07, 6.45) is 4.27. The third kappa shape index (κ3) is 5.12. The molecule has 0 radical (unpaired) electrons. The number of benzene rings is 2. The van der Waals surface area contributed by atoms with Gasteiger partial charge in [0.15, 0.2) is 17.1 Å². The van der Waals surface area contributed by atoms with Gasteiger partial charge in [-0.25, -0.2) is 14.8 Å². The van der Waals surface area contributed by atoms with E-state index in [4.69, 9.17) is 30.2 Å². The van der Waals surface area contributed by atoms with Crippen LogP contribution >= 0.6 is 11.6 Å². The van der Waals surface area contributed by atoms with Crippen LogP contribution in [-0.2, 0) is 4.74 Å². The highest BCUT2D eigenvalue weighted by molar-refractivity contribution is 6.35. The molecule has 1 aliphatic rings. The number of halogens is 1. The van der Waals surface area contributed by atoms with Crippen molar-refractivity contribution in [1.82, 2.24) is 15.0 Å². The molecule has 0 bridgehead atoms. The molecule has 0 fully saturated rings. The van der Waals surface area contributed by atoms with Gasteiger partial charge in [-0.2, -0.15) is 0 Å². The highest BCUT2D eigenvalue weighted by atomic mass is 35.5. The summed E-state index contributed by atoms with van der Waals surface area (Å²) in [6, 6.07) is 11.1. The van der Waals surface area contributed by atoms with Crippen molar-refractivity contribution in [3.63, 3.8) is 0 Å². The number of amides is 1. The smallest absolute Gasteiger partial charge is 0.411 e. The van der Waals surface area contributed by atoms with E-state index in [2.05, 4.69) is 25.0 Å². The minimum Gasteiger partial charge on any atom is -0.486 e. The molecule has 10 nitrogen and oxygen atoms in total. The second kappa shape index (κ2) is 10.8. The molecular formula is C27H23ClN4O6. The van der Waals surface area contributed by atoms with E-state index in [1.54, 1.807) is 37.7 Å². The first-order chi connectivity index (χ1) is 18.5. The number of nitrogens with zero attached hydrogens (tertiary/aromatic N) is 3. The first-order valence-electron chi connectivity index (χ1n) is 11.5. The minimum atomic E-state index is -0.488. The van der Waals surface area contributed by atoms with Gasteiger partial charge in [-0.15, -0.1) is 0 Å². The van der Waals surface area contributed by atoms with Crippen molar-refractivity contribution in [2.24, 2.45) is 0 Å². The van der Waals surface area contributed by atoms with Crippen molar-refractivity contribution < 1.29 is 28.2 Å². The quantitative estimate of drug-likeness (QED) is 0.295. The molecule has 194 valence electrons. The predicted molar refractivity (Wildman–Crippen MR) is 142 cm³/mol. The average molecular weight is 535 g/mol. The molecule has 38 heavy (non-hydrogen) atoms. The van der Waals surface area contributed by atoms with E-state index < -0.39 is 6.09 Å². The number of aryl methyl sites for hydroxylation is 1. The van der Waals surface area contributed by atoms with Gasteiger partial charge in [0.2, 0.25) is 5.88 Å². The molecule has 5 aromatic rings. The maximum Gasteiger partial charge on any atom is 0.411 e. The summed E-state index contributed by atoms with van der Waals surface area (Å²) in [6.45, 7) is 2.99. The third-order valence-corrected chi connectivity index (χ3v) is 5.88. The van der Waals surface area contributed by atoms with Gasteiger partial charge in [0.05, 0.1) is 53.7 Å². The standard InChI is InChI=1S/C20H15ClN2O4.C7H8N2O2/c1-10-5-11(18-14(6-10)23-17(24-2)9-22-18)15-7-12-19(27-15)13(21)8-16-20(12)26-4-3-25-16;1-11-7(10)9-6-3-2-4-8-5-6/h5-9H,3-4H2,1-2H3;2-5H,1H3,(H,9,10). The lowest BCUT2D eigenvalue weighted by Crippen LogP contribution is -2.15. The lowest BCUT2D eigenvalue weighted by molar-refractivity contribution is 0.174. The molecule has 0 saturated carbocycles. The number of rotatable bonds is 3. The lowest BCUT2D eigenvalue weighted by atomic mass is 10.1. The molecule has 6 rings (SSSR count). The maximum atomic E-state index is 10.6. The average Bonchev–Trinajstić information content (AvgIpc) is 3.39. The first kappa shape index (κ1) is 25.1. The van der Waals surface area contributed by atoms with E-state index in [-0.39, 0.29) is 0 Å². The Labute approximate surface area is 222 Å². The molecule has 11 heteroatoms. The van der Waals surface area contributed by atoms with Crippen LogP contribution in [0.4, 0.5) is 10.5 Å². The summed E-state index contributed by atoms with van der Waals surface area (Å²) in [5, 5.41) is 3.73. The number of carbonyl (C=O) groups is 1. The largest absolute Gasteiger partial charge is 0.486 e. The second-order valence-corrected chi connectivity index (χ2v) is 8.59. The maximum absolute atomic E-state index is 10.6. The Hall–Kier alpha value is -4.57. The van der Waals surface area contributed by atoms with E-state index in [0.717, 1.165) is 27.5 Å². The zero-order valence-electron chi connectivity index (χ0n) is 20.8. The van der Waals surface area contributed by atoms with Crippen molar-refractivity contribution in [3.05, 3.63) is 65.6 Å². The van der Waals surface area contributed by atoms with Crippen LogP contribution in [0, 0.1) is 6.92 Å². The van der Waals surface area contributed by atoms with Gasteiger partial charge in [-0.1, -0.05) is 11.6 Å². The molecule has 2 aromatic carbocycles. The van der Waals surface area contributed by atoms with Crippen molar-refractivity contribution in [2.75, 3.05) is 32.8 Å². The second-order valence-electron chi connectivity index (χ2n) is 8.19. The number of aromatic nitrogens is 3. The number of ether oxygens (including phenoxy) is 4. The fourth-order valence-electron chi connectivity index (χ4n) is 3.94. The molecule has 0 atom stereocenters. The molecule has 1 N–H and O–H groups in total. The molecule has 0 aliphatic carbocycles. The molecule has 1 aliphatic heterocycles. The van der Waals surface area contributed by atoms with Crippen LogP contribution in [0.15, 0.2) is 59.4 Å². The van der Waals surface area contributed by atoms with Crippen molar-refractivity contribution >= 4 is 45.4 Å². The van der Waals surface area contributed by atoms with E-state index in [0.29, 0.717) is 52.6 Å². The van der Waals surface area contributed by atoms with E-state index in [1.807, 2.05) is 25.1 Å². The normalized spacial score (nSPS) is 12.0. The summed E-state index contributed by atoms with van der Waals surface area (Å²) in [5.74, 6) is 2.39. The Morgan fingerprint density at radius 3 is 2.71 bits per heavy atom. The summed E-state index contributed by atoms with van der Waals surface area (Å²) >= 11 is 6.41. The van der Waals surface area contributed by atoms with Gasteiger partial charge in [0.1, 0.15) is 19.0 Å². The summed E-state index contributed by atoms with van der Waals surface area (Å²) in [7, 11) is 2.88. The predicted octanol–water partition coefficient (Wildman–Crippen LogP) is 6.04. The van der Waals surface area contributed by atoms with Gasteiger partial charge in [0.25, 0.3) is 0 Å². The van der Waals surface area contributed by atoms with Crippen LogP contribution in [0.3, 0.4) is 0 Å². The number of carbonyl (C=O) groups excluding carboxylic acids is 1. The topological polar surface area (TPSA) is 118 Å². The Bertz CT molecular complexity index is 1620. The number of hydrogen-bond donors (Lipinski definition) is 1. The highest BCUT2D eigenvalue weighted by Gasteiger charge is 2.22. The summed E-state index contributed by atoms with van der Waals surface area (Å²) in [5.41, 5.74) is 4.51. The molecule has 3 aromatic heterocycles. The van der Waals surface area contributed by atoms with Crippen LogP contribution in [0.25, 0.3) is 33.3 Å². The Morgan fingerprint density at radius 1 is 1.11 bits per heavy atom. The van der Waals surface area contributed by atoms with E-state index >= 15 is 0 Å². The van der Waals surface area contributed by atoms with Crippen LogP contribution in [0.5, 0.6) is 17.4 Å². The van der Waals surface area contributed by atoms with Gasteiger partial charge in [-0.3, -0.25) is 10.3 Å². The van der Waals surface area contributed by atoms with Gasteiger partial charge in [0, 0.05) is 17.8 Å². The molecule has 1 amide bonds. The summed E-state index contributed by atoms with van der Waals surface area (Å²) in [4.78, 5) is 23.4. The van der Waals surface area contributed by atoms with Crippen molar-refractivity contribution in [1.29, 1.82) is 0 Å². The van der Waals surface area contributed by atoms with E-state index in [9.17, 15) is 4.79 Å². The van der Waals surface area contributed by atoms with Crippen molar-refractivity contribution in [2.45, 2.75) is 6.92 Å². The first-order valence-corrected chi connectivity index (χ1v) is 11.9.